The molecule has 1 aromatic rings. The Morgan fingerprint density at radius 2 is 1.89 bits per heavy atom. The number of aliphatic imine (C=N–C) groups is 1. The standard InChI is InChI=1S/C21H32N4O2.HI/c1-2-22-21(24-14-10-19(26)11-15-24)23-12-5-8-20(27)25-13-9-17-6-3-4-7-18(17)16-25;/h3-4,6-7,19,26H,2,5,8-16H2,1H3,(H,22,23);1H. The lowest BCUT2D eigenvalue weighted by Crippen LogP contribution is -2.46. The first-order valence-electron chi connectivity index (χ1n) is 10.2. The lowest BCUT2D eigenvalue weighted by molar-refractivity contribution is -0.132. The number of aliphatic hydroxyl groups is 1. The summed E-state index contributed by atoms with van der Waals surface area (Å²) < 4.78 is 0. The SMILES string of the molecule is CCNC(=NCCCC(=O)N1CCc2ccccc2C1)N1CCC(O)CC1.I. The Balaban J connectivity index is 0.00000280. The van der Waals surface area contributed by atoms with Crippen LogP contribution < -0.4 is 5.32 Å². The van der Waals surface area contributed by atoms with Crippen LogP contribution in [0, 0.1) is 0 Å². The van der Waals surface area contributed by atoms with E-state index in [1.165, 1.54) is 11.1 Å². The van der Waals surface area contributed by atoms with Gasteiger partial charge in [0.15, 0.2) is 5.96 Å². The number of guanidine groups is 1. The number of carbonyl (C=O) groups excluding carboxylic acids is 1. The van der Waals surface area contributed by atoms with Crippen molar-refractivity contribution in [3.8, 4) is 0 Å². The summed E-state index contributed by atoms with van der Waals surface area (Å²) in [6.45, 7) is 6.75. The third-order valence-electron chi connectivity index (χ3n) is 5.39. The second-order valence-corrected chi connectivity index (χ2v) is 7.39. The van der Waals surface area contributed by atoms with E-state index in [-0.39, 0.29) is 36.0 Å². The highest BCUT2D eigenvalue weighted by molar-refractivity contribution is 14.0. The van der Waals surface area contributed by atoms with Crippen LogP contribution in [0.3, 0.4) is 0 Å². The van der Waals surface area contributed by atoms with Crippen molar-refractivity contribution < 1.29 is 9.90 Å². The largest absolute Gasteiger partial charge is 0.393 e. The molecule has 2 heterocycles. The van der Waals surface area contributed by atoms with E-state index in [1.807, 2.05) is 11.0 Å². The summed E-state index contributed by atoms with van der Waals surface area (Å²) in [6.07, 6.45) is 3.66. The van der Waals surface area contributed by atoms with E-state index in [0.29, 0.717) is 13.0 Å². The summed E-state index contributed by atoms with van der Waals surface area (Å²) in [6, 6.07) is 8.40. The summed E-state index contributed by atoms with van der Waals surface area (Å²) in [5.41, 5.74) is 2.64. The molecule has 0 radical (unpaired) electrons. The van der Waals surface area contributed by atoms with Gasteiger partial charge in [-0.2, -0.15) is 0 Å². The van der Waals surface area contributed by atoms with Crippen molar-refractivity contribution in [3.63, 3.8) is 0 Å². The first kappa shape index (κ1) is 22.9. The molecule has 0 aliphatic carbocycles. The predicted molar refractivity (Wildman–Crippen MR) is 123 cm³/mol. The minimum atomic E-state index is -0.184. The van der Waals surface area contributed by atoms with Crippen LogP contribution in [0.2, 0.25) is 0 Å². The van der Waals surface area contributed by atoms with Crippen LogP contribution in [0.4, 0.5) is 0 Å². The number of amides is 1. The van der Waals surface area contributed by atoms with Crippen molar-refractivity contribution in [3.05, 3.63) is 35.4 Å². The highest BCUT2D eigenvalue weighted by atomic mass is 127. The molecule has 0 saturated carbocycles. The number of piperidine rings is 1. The Morgan fingerprint density at radius 3 is 2.61 bits per heavy atom. The van der Waals surface area contributed by atoms with E-state index < -0.39 is 0 Å². The van der Waals surface area contributed by atoms with E-state index in [1.54, 1.807) is 0 Å². The predicted octanol–water partition coefficient (Wildman–Crippen LogP) is 2.39. The quantitative estimate of drug-likeness (QED) is 0.282. The molecule has 0 aromatic heterocycles. The third kappa shape index (κ3) is 6.34. The number of halogens is 1. The van der Waals surface area contributed by atoms with Crippen molar-refractivity contribution in [2.75, 3.05) is 32.7 Å². The first-order valence-corrected chi connectivity index (χ1v) is 10.2. The zero-order chi connectivity index (χ0) is 19.1. The van der Waals surface area contributed by atoms with Gasteiger partial charge < -0.3 is 20.2 Å². The number of hydrogen-bond donors (Lipinski definition) is 2. The van der Waals surface area contributed by atoms with E-state index in [2.05, 4.69) is 35.3 Å². The molecule has 0 bridgehead atoms. The second kappa shape index (κ2) is 11.6. The highest BCUT2D eigenvalue weighted by Crippen LogP contribution is 2.19. The van der Waals surface area contributed by atoms with Gasteiger partial charge in [0.25, 0.3) is 0 Å². The van der Waals surface area contributed by atoms with E-state index in [9.17, 15) is 9.90 Å². The summed E-state index contributed by atoms with van der Waals surface area (Å²) >= 11 is 0. The Hall–Kier alpha value is -1.35. The van der Waals surface area contributed by atoms with Crippen LogP contribution in [0.5, 0.6) is 0 Å². The number of fused-ring (bicyclic) bond motifs is 1. The monoisotopic (exact) mass is 500 g/mol. The molecule has 2 aliphatic rings. The summed E-state index contributed by atoms with van der Waals surface area (Å²) in [7, 11) is 0. The molecule has 156 valence electrons. The fraction of sp³-hybridized carbons (Fsp3) is 0.619. The zero-order valence-corrected chi connectivity index (χ0v) is 19.1. The lowest BCUT2D eigenvalue weighted by atomic mass is 9.99. The summed E-state index contributed by atoms with van der Waals surface area (Å²) in [4.78, 5) is 21.4. The molecule has 7 heteroatoms. The average Bonchev–Trinajstić information content (AvgIpc) is 2.70. The maximum absolute atomic E-state index is 12.5. The van der Waals surface area contributed by atoms with Gasteiger partial charge in [-0.1, -0.05) is 24.3 Å². The number of nitrogens with one attached hydrogen (secondary N) is 1. The Morgan fingerprint density at radius 1 is 1.18 bits per heavy atom. The van der Waals surface area contributed by atoms with Crippen LogP contribution in [0.25, 0.3) is 0 Å². The van der Waals surface area contributed by atoms with E-state index in [4.69, 9.17) is 4.99 Å². The number of hydrogen-bond acceptors (Lipinski definition) is 3. The molecule has 28 heavy (non-hydrogen) atoms. The molecule has 0 unspecified atom stereocenters. The van der Waals surface area contributed by atoms with Crippen LogP contribution in [-0.4, -0.2) is 65.6 Å². The summed E-state index contributed by atoms with van der Waals surface area (Å²) in [5, 5.41) is 13.0. The topological polar surface area (TPSA) is 68.2 Å². The second-order valence-electron chi connectivity index (χ2n) is 7.39. The zero-order valence-electron chi connectivity index (χ0n) is 16.8. The number of rotatable bonds is 5. The first-order chi connectivity index (χ1) is 13.2. The van der Waals surface area contributed by atoms with Crippen molar-refractivity contribution >= 4 is 35.8 Å². The molecule has 1 aromatic carbocycles. The van der Waals surface area contributed by atoms with Gasteiger partial charge in [-0.15, -0.1) is 24.0 Å². The van der Waals surface area contributed by atoms with Gasteiger partial charge in [0, 0.05) is 45.7 Å². The van der Waals surface area contributed by atoms with Gasteiger partial charge in [-0.3, -0.25) is 9.79 Å². The number of likely N-dealkylation sites (tertiary alicyclic amines) is 1. The minimum absolute atomic E-state index is 0. The van der Waals surface area contributed by atoms with Gasteiger partial charge in [0.1, 0.15) is 0 Å². The number of carbonyl (C=O) groups is 1. The molecular weight excluding hydrogens is 467 g/mol. The molecule has 1 amide bonds. The number of nitrogens with zero attached hydrogens (tertiary/aromatic N) is 3. The Bertz CT molecular complexity index is 660. The smallest absolute Gasteiger partial charge is 0.222 e. The molecule has 0 atom stereocenters. The molecule has 2 aliphatic heterocycles. The molecule has 3 rings (SSSR count). The van der Waals surface area contributed by atoms with Gasteiger partial charge in [0.2, 0.25) is 5.91 Å². The van der Waals surface area contributed by atoms with Gasteiger partial charge in [0.05, 0.1) is 6.10 Å². The third-order valence-corrected chi connectivity index (χ3v) is 5.39. The van der Waals surface area contributed by atoms with Crippen LogP contribution in [0.1, 0.15) is 43.7 Å². The molecule has 6 nitrogen and oxygen atoms in total. The number of benzene rings is 1. The lowest BCUT2D eigenvalue weighted by Gasteiger charge is -2.32. The van der Waals surface area contributed by atoms with Crippen LogP contribution in [0.15, 0.2) is 29.3 Å². The van der Waals surface area contributed by atoms with Crippen LogP contribution in [-0.2, 0) is 17.8 Å². The van der Waals surface area contributed by atoms with E-state index >= 15 is 0 Å². The highest BCUT2D eigenvalue weighted by Gasteiger charge is 2.21. The maximum Gasteiger partial charge on any atom is 0.222 e. The Labute approximate surface area is 185 Å². The number of aliphatic hydroxyl groups excluding tert-OH is 1. The van der Waals surface area contributed by atoms with E-state index in [0.717, 1.165) is 64.4 Å². The van der Waals surface area contributed by atoms with Crippen molar-refractivity contribution in [2.45, 2.75) is 51.7 Å². The van der Waals surface area contributed by atoms with Gasteiger partial charge >= 0.3 is 0 Å². The summed E-state index contributed by atoms with van der Waals surface area (Å²) in [5.74, 6) is 1.13. The average molecular weight is 500 g/mol. The van der Waals surface area contributed by atoms with Crippen LogP contribution >= 0.6 is 24.0 Å². The molecule has 2 N–H and O–H groups in total. The fourth-order valence-electron chi connectivity index (χ4n) is 3.79. The van der Waals surface area contributed by atoms with Crippen molar-refractivity contribution in [1.29, 1.82) is 0 Å². The Kier molecular flexibility index (Phi) is 9.50. The van der Waals surface area contributed by atoms with Gasteiger partial charge in [-0.05, 0) is 43.7 Å². The molecule has 1 saturated heterocycles. The van der Waals surface area contributed by atoms with Crippen molar-refractivity contribution in [2.24, 2.45) is 4.99 Å². The molecule has 1 fully saturated rings. The normalized spacial score (nSPS) is 17.7. The fourth-order valence-corrected chi connectivity index (χ4v) is 3.79. The minimum Gasteiger partial charge on any atom is -0.393 e. The van der Waals surface area contributed by atoms with Crippen molar-refractivity contribution in [1.82, 2.24) is 15.1 Å². The molecular formula is C21H33IN4O2. The van der Waals surface area contributed by atoms with Gasteiger partial charge in [-0.25, -0.2) is 0 Å². The molecule has 0 spiro atoms. The maximum atomic E-state index is 12.5.